The van der Waals surface area contributed by atoms with Crippen molar-refractivity contribution < 1.29 is 4.39 Å². The number of piperidine rings is 1. The van der Waals surface area contributed by atoms with Crippen LogP contribution in [0.25, 0.3) is 16.5 Å². The monoisotopic (exact) mass is 433 g/mol. The van der Waals surface area contributed by atoms with Gasteiger partial charge in [0.2, 0.25) is 0 Å². The Hall–Kier alpha value is -2.72. The van der Waals surface area contributed by atoms with E-state index in [1.54, 1.807) is 6.07 Å². The van der Waals surface area contributed by atoms with E-state index in [4.69, 9.17) is 4.98 Å². The lowest BCUT2D eigenvalue weighted by Crippen LogP contribution is -2.27. The molecule has 0 unspecified atom stereocenters. The molecule has 2 aliphatic heterocycles. The van der Waals surface area contributed by atoms with E-state index < -0.39 is 0 Å². The van der Waals surface area contributed by atoms with Crippen molar-refractivity contribution in [1.29, 1.82) is 0 Å². The predicted octanol–water partition coefficient (Wildman–Crippen LogP) is 7.08. The van der Waals surface area contributed by atoms with Gasteiger partial charge in [0, 0.05) is 29.2 Å². The highest BCUT2D eigenvalue weighted by molar-refractivity contribution is 5.87. The van der Waals surface area contributed by atoms with E-state index in [-0.39, 0.29) is 5.82 Å². The van der Waals surface area contributed by atoms with E-state index in [2.05, 4.69) is 24.9 Å². The number of hydrogen-bond acceptors (Lipinski definition) is 3. The highest BCUT2D eigenvalue weighted by Gasteiger charge is 2.21. The lowest BCUT2D eigenvalue weighted by Gasteiger charge is -2.25. The van der Waals surface area contributed by atoms with Gasteiger partial charge in [-0.25, -0.2) is 4.39 Å². The zero-order valence-corrected chi connectivity index (χ0v) is 20.1. The Morgan fingerprint density at radius 2 is 1.91 bits per heavy atom. The number of aromatic nitrogens is 1. The molecule has 4 heteroatoms. The molecule has 1 fully saturated rings. The maximum Gasteiger partial charge on any atom is 0.133 e. The highest BCUT2D eigenvalue weighted by Crippen LogP contribution is 2.33. The van der Waals surface area contributed by atoms with Gasteiger partial charge in [-0.3, -0.25) is 4.98 Å². The highest BCUT2D eigenvalue weighted by atomic mass is 19.1. The van der Waals surface area contributed by atoms with Crippen LogP contribution >= 0.6 is 0 Å². The number of fused-ring (bicyclic) bond motifs is 1. The summed E-state index contributed by atoms with van der Waals surface area (Å²) in [6, 6.07) is 5.69. The fourth-order valence-corrected chi connectivity index (χ4v) is 4.34. The molecule has 32 heavy (non-hydrogen) atoms. The summed E-state index contributed by atoms with van der Waals surface area (Å²) in [6.07, 6.45) is 11.0. The molecule has 0 amide bonds. The zero-order valence-electron chi connectivity index (χ0n) is 20.1. The Morgan fingerprint density at radius 1 is 1.19 bits per heavy atom. The molecule has 0 bridgehead atoms. The number of rotatable bonds is 4. The molecule has 2 aromatic rings. The minimum absolute atomic E-state index is 0.208. The number of nitrogens with zero attached hydrogens (tertiary/aromatic N) is 2. The van der Waals surface area contributed by atoms with Crippen molar-refractivity contribution in [3.63, 3.8) is 0 Å². The molecule has 0 radical (unpaired) electrons. The molecule has 1 aromatic carbocycles. The fraction of sp³-hybridized carbons (Fsp3) is 0.393. The first kappa shape index (κ1) is 23.9. The fourth-order valence-electron chi connectivity index (χ4n) is 4.34. The van der Waals surface area contributed by atoms with Gasteiger partial charge in [-0.2, -0.15) is 0 Å². The third-order valence-electron chi connectivity index (χ3n) is 5.91. The van der Waals surface area contributed by atoms with E-state index >= 15 is 4.39 Å². The van der Waals surface area contributed by atoms with Crippen molar-refractivity contribution >= 4 is 16.5 Å². The van der Waals surface area contributed by atoms with Gasteiger partial charge < -0.3 is 10.2 Å². The van der Waals surface area contributed by atoms with Crippen LogP contribution < -0.4 is 5.32 Å². The normalized spacial score (nSPS) is 16.5. The lowest BCUT2D eigenvalue weighted by molar-refractivity contribution is 0.457. The molecule has 0 saturated carbocycles. The van der Waals surface area contributed by atoms with Crippen LogP contribution in [0.1, 0.15) is 70.2 Å². The Bertz CT molecular complexity index is 1070. The van der Waals surface area contributed by atoms with Crippen LogP contribution in [-0.4, -0.2) is 23.0 Å². The Balaban J connectivity index is 0.00000141. The first-order chi connectivity index (χ1) is 15.5. The number of aryl methyl sites for hydroxylation is 1. The summed E-state index contributed by atoms with van der Waals surface area (Å²) in [7, 11) is 0. The van der Waals surface area contributed by atoms with Crippen LogP contribution in [0.5, 0.6) is 0 Å². The maximum atomic E-state index is 15.2. The average molecular weight is 434 g/mol. The van der Waals surface area contributed by atoms with Crippen LogP contribution in [0.3, 0.4) is 0 Å². The van der Waals surface area contributed by atoms with Gasteiger partial charge in [0.25, 0.3) is 0 Å². The van der Waals surface area contributed by atoms with Crippen molar-refractivity contribution in [2.24, 2.45) is 0 Å². The number of allylic oxidation sites excluding steroid dienone is 4. The third-order valence-corrected chi connectivity index (χ3v) is 5.91. The van der Waals surface area contributed by atoms with Crippen molar-refractivity contribution in [1.82, 2.24) is 15.2 Å². The molecule has 2 aliphatic rings. The first-order valence-corrected chi connectivity index (χ1v) is 11.8. The van der Waals surface area contributed by atoms with Gasteiger partial charge in [-0.15, -0.1) is 0 Å². The molecular formula is C28H36FN3. The van der Waals surface area contributed by atoms with Crippen molar-refractivity contribution in [3.8, 4) is 0 Å². The summed E-state index contributed by atoms with van der Waals surface area (Å²) >= 11 is 0. The Morgan fingerprint density at radius 3 is 2.56 bits per heavy atom. The summed E-state index contributed by atoms with van der Waals surface area (Å²) < 4.78 is 15.2. The Labute approximate surface area is 192 Å². The van der Waals surface area contributed by atoms with Gasteiger partial charge in [0.15, 0.2) is 0 Å². The van der Waals surface area contributed by atoms with Gasteiger partial charge in [0.05, 0.1) is 5.52 Å². The lowest BCUT2D eigenvalue weighted by atomic mass is 9.87. The van der Waals surface area contributed by atoms with Crippen molar-refractivity contribution in [2.45, 2.75) is 59.8 Å². The van der Waals surface area contributed by atoms with Crippen LogP contribution in [0.4, 0.5) is 4.39 Å². The minimum Gasteiger partial charge on any atom is -0.324 e. The molecule has 170 valence electrons. The van der Waals surface area contributed by atoms with Gasteiger partial charge in [-0.1, -0.05) is 39.0 Å². The molecule has 0 atom stereocenters. The SMILES string of the molecule is C=C1C=CC(c2cc(F)c3cc(C4CCNCC4)c(CC)nc3c2)=CN1C=C(C)C.CC. The van der Waals surface area contributed by atoms with Crippen LogP contribution in [0, 0.1) is 5.82 Å². The summed E-state index contributed by atoms with van der Waals surface area (Å²) in [5, 5.41) is 4.03. The van der Waals surface area contributed by atoms with Gasteiger partial charge in [0.1, 0.15) is 5.82 Å². The zero-order chi connectivity index (χ0) is 23.3. The largest absolute Gasteiger partial charge is 0.324 e. The molecule has 3 nitrogen and oxygen atoms in total. The van der Waals surface area contributed by atoms with Crippen molar-refractivity contribution in [3.05, 3.63) is 83.2 Å². The number of benzene rings is 1. The summed E-state index contributed by atoms with van der Waals surface area (Å²) in [6.45, 7) is 16.3. The van der Waals surface area contributed by atoms with E-state index in [9.17, 15) is 0 Å². The molecule has 1 N–H and O–H groups in total. The Kier molecular flexibility index (Phi) is 8.03. The van der Waals surface area contributed by atoms with Gasteiger partial charge >= 0.3 is 0 Å². The topological polar surface area (TPSA) is 28.2 Å². The second-order valence-electron chi connectivity index (χ2n) is 8.45. The molecule has 0 spiro atoms. The van der Waals surface area contributed by atoms with Crippen LogP contribution in [0.15, 0.2) is 60.6 Å². The van der Waals surface area contributed by atoms with Crippen molar-refractivity contribution in [2.75, 3.05) is 13.1 Å². The number of pyridine rings is 1. The summed E-state index contributed by atoms with van der Waals surface area (Å²) in [5.74, 6) is 0.255. The molecule has 4 rings (SSSR count). The standard InChI is InChI=1S/C26H30FN3.C2H6/c1-5-25-22(19-8-10-28-11-9-19)14-23-24(27)12-21(13-26(23)29-25)20-7-6-18(4)30(16-20)15-17(2)3;1-2/h6-7,12-16,19,28H,4-5,8-11H2,1-3H3;1-2H3. The van der Waals surface area contributed by atoms with Crippen LogP contribution in [0.2, 0.25) is 0 Å². The molecule has 1 aromatic heterocycles. The molecule has 0 aliphatic carbocycles. The third kappa shape index (κ3) is 5.18. The predicted molar refractivity (Wildman–Crippen MR) is 135 cm³/mol. The summed E-state index contributed by atoms with van der Waals surface area (Å²) in [5.41, 5.74) is 6.89. The first-order valence-electron chi connectivity index (χ1n) is 11.8. The molecule has 3 heterocycles. The minimum atomic E-state index is -0.208. The van der Waals surface area contributed by atoms with Crippen LogP contribution in [-0.2, 0) is 6.42 Å². The van der Waals surface area contributed by atoms with Gasteiger partial charge in [-0.05, 0) is 93.1 Å². The number of halogens is 1. The van der Waals surface area contributed by atoms with E-state index in [0.29, 0.717) is 11.3 Å². The summed E-state index contributed by atoms with van der Waals surface area (Å²) in [4.78, 5) is 6.90. The second kappa shape index (κ2) is 10.7. The van der Waals surface area contributed by atoms with E-state index in [1.807, 2.05) is 63.2 Å². The molecule has 1 saturated heterocycles. The second-order valence-corrected chi connectivity index (χ2v) is 8.45. The number of nitrogens with one attached hydrogen (secondary N) is 1. The number of hydrogen-bond donors (Lipinski definition) is 1. The molecular weight excluding hydrogens is 397 g/mol. The quantitative estimate of drug-likeness (QED) is 0.558. The smallest absolute Gasteiger partial charge is 0.133 e. The average Bonchev–Trinajstić information content (AvgIpc) is 2.81. The van der Waals surface area contributed by atoms with E-state index in [1.165, 1.54) is 11.1 Å². The van der Waals surface area contributed by atoms with E-state index in [0.717, 1.165) is 60.4 Å². The maximum absolute atomic E-state index is 15.2.